The van der Waals surface area contributed by atoms with Crippen molar-refractivity contribution >= 4 is 46.8 Å². The van der Waals surface area contributed by atoms with Gasteiger partial charge in [-0.1, -0.05) is 77.8 Å². The van der Waals surface area contributed by atoms with Crippen LogP contribution in [0.15, 0.2) is 72.8 Å². The van der Waals surface area contributed by atoms with Gasteiger partial charge in [0, 0.05) is 41.4 Å². The Morgan fingerprint density at radius 1 is 0.971 bits per heavy atom. The summed E-state index contributed by atoms with van der Waals surface area (Å²) in [5.74, 6) is -0.640. The average Bonchev–Trinajstić information content (AvgIpc) is 2.84. The first-order valence-electron chi connectivity index (χ1n) is 10.7. The monoisotopic (exact) mass is 518 g/mol. The highest BCUT2D eigenvalue weighted by atomic mass is 35.5. The molecule has 3 aromatic rings. The second-order valence-corrected chi connectivity index (χ2v) is 9.43. The molecule has 1 unspecified atom stereocenters. The van der Waals surface area contributed by atoms with Crippen LogP contribution in [-0.4, -0.2) is 35.6 Å². The summed E-state index contributed by atoms with van der Waals surface area (Å²) in [6.07, 6.45) is 0.348. The van der Waals surface area contributed by atoms with E-state index in [1.54, 1.807) is 30.1 Å². The van der Waals surface area contributed by atoms with E-state index < -0.39 is 11.9 Å². The summed E-state index contributed by atoms with van der Waals surface area (Å²) < 4.78 is 14.1. The van der Waals surface area contributed by atoms with E-state index in [-0.39, 0.29) is 29.9 Å². The van der Waals surface area contributed by atoms with Crippen LogP contribution in [0.5, 0.6) is 0 Å². The Morgan fingerprint density at radius 3 is 2.32 bits per heavy atom. The molecule has 178 valence electrons. The first-order chi connectivity index (χ1) is 16.4. The summed E-state index contributed by atoms with van der Waals surface area (Å²) >= 11 is 13.7. The third kappa shape index (κ3) is 6.98. The highest BCUT2D eigenvalue weighted by Gasteiger charge is 2.30. The lowest BCUT2D eigenvalue weighted by atomic mass is 10.0. The molecule has 4 nitrogen and oxygen atoms in total. The number of halogens is 3. The molecule has 2 amide bonds. The van der Waals surface area contributed by atoms with E-state index in [9.17, 15) is 14.0 Å². The third-order valence-electron chi connectivity index (χ3n) is 5.35. The molecule has 0 aromatic heterocycles. The standard InChI is InChI=1S/C26H25Cl2FN2O2S/c1-30-26(33)24(14-18-8-3-2-4-9-18)31(15-19-10-5-6-11-21(19)27)25(32)17-34-16-20-22(28)12-7-13-23(20)29/h2-13,24H,14-17H2,1H3,(H,30,33). The predicted molar refractivity (Wildman–Crippen MR) is 138 cm³/mol. The normalized spacial score (nSPS) is 11.6. The molecule has 0 fully saturated rings. The van der Waals surface area contributed by atoms with E-state index in [1.165, 1.54) is 17.8 Å². The lowest BCUT2D eigenvalue weighted by Gasteiger charge is -2.31. The minimum atomic E-state index is -0.742. The van der Waals surface area contributed by atoms with E-state index in [0.29, 0.717) is 22.0 Å². The van der Waals surface area contributed by atoms with E-state index >= 15 is 0 Å². The predicted octanol–water partition coefficient (Wildman–Crippen LogP) is 5.75. The molecule has 0 heterocycles. The third-order valence-corrected chi connectivity index (χ3v) is 7.02. The summed E-state index contributed by atoms with van der Waals surface area (Å²) in [6.45, 7) is 0.171. The fourth-order valence-corrected chi connectivity index (χ4v) is 4.97. The van der Waals surface area contributed by atoms with Crippen LogP contribution in [0.3, 0.4) is 0 Å². The van der Waals surface area contributed by atoms with Gasteiger partial charge in [0.25, 0.3) is 0 Å². The first-order valence-corrected chi connectivity index (χ1v) is 12.6. The smallest absolute Gasteiger partial charge is 0.242 e. The van der Waals surface area contributed by atoms with Gasteiger partial charge in [-0.2, -0.15) is 0 Å². The number of hydrogen-bond donors (Lipinski definition) is 1. The summed E-state index contributed by atoms with van der Waals surface area (Å²) in [5, 5.41) is 3.51. The summed E-state index contributed by atoms with van der Waals surface area (Å²) in [5.41, 5.74) is 2.02. The number of carbonyl (C=O) groups is 2. The minimum Gasteiger partial charge on any atom is -0.357 e. The molecule has 0 saturated carbocycles. The fraction of sp³-hybridized carbons (Fsp3) is 0.231. The molecule has 3 rings (SSSR count). The quantitative estimate of drug-likeness (QED) is 0.371. The van der Waals surface area contributed by atoms with Crippen LogP contribution >= 0.6 is 35.0 Å². The van der Waals surface area contributed by atoms with Gasteiger partial charge in [0.05, 0.1) is 5.75 Å². The van der Waals surface area contributed by atoms with Crippen molar-refractivity contribution in [3.05, 3.63) is 105 Å². The molecule has 1 atom stereocenters. The second kappa shape index (κ2) is 12.8. The molecule has 8 heteroatoms. The molecule has 0 aliphatic rings. The maximum Gasteiger partial charge on any atom is 0.242 e. The van der Waals surface area contributed by atoms with Gasteiger partial charge < -0.3 is 10.2 Å². The Labute approximate surface area is 213 Å². The van der Waals surface area contributed by atoms with Crippen molar-refractivity contribution in [2.45, 2.75) is 24.8 Å². The number of nitrogens with one attached hydrogen (secondary N) is 1. The van der Waals surface area contributed by atoms with Gasteiger partial charge in [-0.05, 0) is 29.3 Å². The number of amides is 2. The summed E-state index contributed by atoms with van der Waals surface area (Å²) in [4.78, 5) is 27.9. The molecule has 0 aliphatic carbocycles. The van der Waals surface area contributed by atoms with Crippen LogP contribution < -0.4 is 5.32 Å². The zero-order valence-electron chi connectivity index (χ0n) is 18.6. The molecular weight excluding hydrogens is 494 g/mol. The highest BCUT2D eigenvalue weighted by molar-refractivity contribution is 7.99. The Morgan fingerprint density at radius 2 is 1.65 bits per heavy atom. The summed E-state index contributed by atoms with van der Waals surface area (Å²) in [6, 6.07) is 20.5. The zero-order valence-corrected chi connectivity index (χ0v) is 21.0. The lowest BCUT2D eigenvalue weighted by molar-refractivity contribution is -0.139. The van der Waals surface area contributed by atoms with Crippen molar-refractivity contribution in [1.82, 2.24) is 10.2 Å². The number of carbonyl (C=O) groups excluding carboxylic acids is 2. The van der Waals surface area contributed by atoms with Crippen LogP contribution in [-0.2, 0) is 28.3 Å². The van der Waals surface area contributed by atoms with Crippen molar-refractivity contribution in [3.8, 4) is 0 Å². The van der Waals surface area contributed by atoms with E-state index in [4.69, 9.17) is 23.2 Å². The topological polar surface area (TPSA) is 49.4 Å². The van der Waals surface area contributed by atoms with Crippen LogP contribution in [0, 0.1) is 5.82 Å². The minimum absolute atomic E-state index is 0.0530. The average molecular weight is 519 g/mol. The number of thioether (sulfide) groups is 1. The van der Waals surface area contributed by atoms with Gasteiger partial charge >= 0.3 is 0 Å². The van der Waals surface area contributed by atoms with Crippen molar-refractivity contribution in [3.63, 3.8) is 0 Å². The van der Waals surface area contributed by atoms with Gasteiger partial charge in [0.15, 0.2) is 0 Å². The van der Waals surface area contributed by atoms with Gasteiger partial charge in [0.2, 0.25) is 11.8 Å². The number of nitrogens with zero attached hydrogens (tertiary/aromatic N) is 1. The Hall–Kier alpha value is -2.54. The van der Waals surface area contributed by atoms with Crippen LogP contribution in [0.2, 0.25) is 10.0 Å². The second-order valence-electron chi connectivity index (χ2n) is 7.63. The SMILES string of the molecule is CNC(=O)C(Cc1ccccc1)N(Cc1ccccc1Cl)C(=O)CSCc1c(F)cccc1Cl. The maximum absolute atomic E-state index is 14.1. The molecular formula is C26H25Cl2FN2O2S. The molecule has 1 N–H and O–H groups in total. The number of rotatable bonds is 10. The van der Waals surface area contributed by atoms with Gasteiger partial charge in [-0.15, -0.1) is 11.8 Å². The largest absolute Gasteiger partial charge is 0.357 e. The maximum atomic E-state index is 14.1. The summed E-state index contributed by atoms with van der Waals surface area (Å²) in [7, 11) is 1.55. The number of benzene rings is 3. The van der Waals surface area contributed by atoms with Crippen molar-refractivity contribution < 1.29 is 14.0 Å². The Balaban J connectivity index is 1.84. The van der Waals surface area contributed by atoms with Crippen molar-refractivity contribution in [1.29, 1.82) is 0 Å². The molecule has 0 saturated heterocycles. The van der Waals surface area contributed by atoms with Crippen LogP contribution in [0.4, 0.5) is 4.39 Å². The van der Waals surface area contributed by atoms with E-state index in [1.807, 2.05) is 48.5 Å². The molecule has 0 bridgehead atoms. The van der Waals surface area contributed by atoms with Crippen molar-refractivity contribution in [2.75, 3.05) is 12.8 Å². The molecule has 0 aliphatic heterocycles. The fourth-order valence-electron chi connectivity index (χ4n) is 3.52. The first kappa shape index (κ1) is 26.1. The zero-order chi connectivity index (χ0) is 24.5. The lowest BCUT2D eigenvalue weighted by Crippen LogP contribution is -2.50. The van der Waals surface area contributed by atoms with Gasteiger partial charge in [0.1, 0.15) is 11.9 Å². The van der Waals surface area contributed by atoms with Gasteiger partial charge in [-0.25, -0.2) is 4.39 Å². The molecule has 34 heavy (non-hydrogen) atoms. The number of hydrogen-bond acceptors (Lipinski definition) is 3. The van der Waals surface area contributed by atoms with Crippen molar-refractivity contribution in [2.24, 2.45) is 0 Å². The van der Waals surface area contributed by atoms with Gasteiger partial charge in [-0.3, -0.25) is 9.59 Å². The van der Waals surface area contributed by atoms with E-state index in [0.717, 1.165) is 11.1 Å². The molecule has 0 spiro atoms. The Bertz CT molecular complexity index is 1110. The van der Waals surface area contributed by atoms with Crippen LogP contribution in [0.25, 0.3) is 0 Å². The number of likely N-dealkylation sites (N-methyl/N-ethyl adjacent to an activating group) is 1. The van der Waals surface area contributed by atoms with Crippen LogP contribution in [0.1, 0.15) is 16.7 Å². The Kier molecular flexibility index (Phi) is 9.81. The molecule has 3 aromatic carbocycles. The molecule has 0 radical (unpaired) electrons. The highest BCUT2D eigenvalue weighted by Crippen LogP contribution is 2.25. The van der Waals surface area contributed by atoms with E-state index in [2.05, 4.69) is 5.32 Å².